The van der Waals surface area contributed by atoms with Gasteiger partial charge in [0, 0.05) is 19.6 Å². The zero-order valence-electron chi connectivity index (χ0n) is 11.7. The van der Waals surface area contributed by atoms with E-state index in [4.69, 9.17) is 5.14 Å². The van der Waals surface area contributed by atoms with Crippen molar-refractivity contribution < 1.29 is 4.21 Å². The lowest BCUT2D eigenvalue weighted by Crippen LogP contribution is -2.35. The van der Waals surface area contributed by atoms with Crippen LogP contribution in [0.4, 0.5) is 5.82 Å². The summed E-state index contributed by atoms with van der Waals surface area (Å²) in [6.45, 7) is 2.62. The van der Waals surface area contributed by atoms with Crippen molar-refractivity contribution in [1.29, 1.82) is 0 Å². The first kappa shape index (κ1) is 14.4. The van der Waals surface area contributed by atoms with Crippen LogP contribution < -0.4 is 14.8 Å². The van der Waals surface area contributed by atoms with Gasteiger partial charge in [-0.2, -0.15) is 0 Å². The molecule has 0 bridgehead atoms. The predicted molar refractivity (Wildman–Crippen MR) is 81.6 cm³/mol. The lowest BCUT2D eigenvalue weighted by molar-refractivity contribution is 0.382. The lowest BCUT2D eigenvalue weighted by Gasteiger charge is -2.32. The molecule has 0 saturated carbocycles. The Balaban J connectivity index is 1.58. The van der Waals surface area contributed by atoms with Crippen molar-refractivity contribution in [2.45, 2.75) is 19.3 Å². The van der Waals surface area contributed by atoms with Crippen molar-refractivity contribution in [3.63, 3.8) is 0 Å². The first-order valence-corrected chi connectivity index (χ1v) is 8.24. The molecule has 9 heteroatoms. The van der Waals surface area contributed by atoms with Gasteiger partial charge in [-0.25, -0.2) is 29.0 Å². The topological polar surface area (TPSA) is 113 Å². The Hall–Kier alpha value is -1.58. The monoisotopic (exact) mass is 309 g/mol. The van der Waals surface area contributed by atoms with E-state index in [1.54, 1.807) is 12.7 Å². The highest BCUT2D eigenvalue weighted by Gasteiger charge is 2.22. The number of nitrogens with two attached hydrogens (primary N) is 1. The second-order valence-corrected chi connectivity index (χ2v) is 6.09. The van der Waals surface area contributed by atoms with Gasteiger partial charge in [0.15, 0.2) is 22.6 Å². The van der Waals surface area contributed by atoms with Gasteiger partial charge in [0.25, 0.3) is 0 Å². The average Bonchev–Trinajstić information content (AvgIpc) is 2.96. The summed E-state index contributed by atoms with van der Waals surface area (Å²) in [5.74, 6) is 1.56. The predicted octanol–water partition coefficient (Wildman–Crippen LogP) is 0.0864. The molecular formula is C12H19N7OS. The molecule has 21 heavy (non-hydrogen) atoms. The minimum absolute atomic E-state index is 0.636. The van der Waals surface area contributed by atoms with E-state index >= 15 is 0 Å². The number of hydrogen-bond acceptors (Lipinski definition) is 5. The molecule has 1 aliphatic rings. The molecule has 0 aliphatic carbocycles. The van der Waals surface area contributed by atoms with Gasteiger partial charge in [0.05, 0.1) is 6.33 Å². The van der Waals surface area contributed by atoms with Gasteiger partial charge in [-0.15, -0.1) is 0 Å². The number of aromatic nitrogens is 4. The summed E-state index contributed by atoms with van der Waals surface area (Å²) in [6.07, 6.45) is 6.40. The number of nitrogens with one attached hydrogen (secondary N) is 2. The second kappa shape index (κ2) is 6.46. The third-order valence-corrected chi connectivity index (χ3v) is 4.40. The number of hydrogen-bond donors (Lipinski definition) is 3. The van der Waals surface area contributed by atoms with Crippen LogP contribution in [0.3, 0.4) is 0 Å². The normalized spacial score (nSPS) is 18.2. The number of H-pyrrole nitrogens is 1. The molecule has 1 unspecified atom stereocenters. The number of piperidine rings is 1. The van der Waals surface area contributed by atoms with Gasteiger partial charge in [0.2, 0.25) is 0 Å². The molecule has 3 rings (SSSR count). The van der Waals surface area contributed by atoms with E-state index in [1.807, 2.05) is 0 Å². The molecule has 2 aromatic rings. The van der Waals surface area contributed by atoms with Gasteiger partial charge in [0.1, 0.15) is 11.8 Å². The second-order valence-electron chi connectivity index (χ2n) is 5.21. The maximum Gasteiger partial charge on any atom is 0.182 e. The van der Waals surface area contributed by atoms with Crippen LogP contribution >= 0.6 is 0 Å². The summed E-state index contributed by atoms with van der Waals surface area (Å²) >= 11 is -1.41. The number of rotatable bonds is 5. The standard InChI is InChI=1S/C12H19N7OS/c13-21(20)18-4-1-9-2-5-19(6-3-9)12-10-11(15-7-14-10)16-8-17-12/h7-9,18H,1-6,13H2,(H,14,15,16,17). The molecule has 3 heterocycles. The quantitative estimate of drug-likeness (QED) is 0.724. The highest BCUT2D eigenvalue weighted by Crippen LogP contribution is 2.26. The number of aromatic amines is 1. The minimum atomic E-state index is -1.41. The van der Waals surface area contributed by atoms with Crippen LogP contribution in [-0.2, 0) is 11.2 Å². The Kier molecular flexibility index (Phi) is 4.42. The molecule has 1 aliphatic heterocycles. The smallest absolute Gasteiger partial charge is 0.182 e. The van der Waals surface area contributed by atoms with E-state index in [2.05, 4.69) is 29.6 Å². The molecule has 0 spiro atoms. The van der Waals surface area contributed by atoms with Crippen LogP contribution in [-0.4, -0.2) is 43.8 Å². The summed E-state index contributed by atoms with van der Waals surface area (Å²) < 4.78 is 13.5. The highest BCUT2D eigenvalue weighted by atomic mass is 32.2. The SMILES string of the molecule is NS(=O)NCCC1CCN(c2ncnc3nc[nH]c23)CC1. The summed E-state index contributed by atoms with van der Waals surface area (Å²) in [6, 6.07) is 0. The van der Waals surface area contributed by atoms with Crippen LogP contribution in [0.5, 0.6) is 0 Å². The number of nitrogens with zero attached hydrogens (tertiary/aromatic N) is 4. The molecule has 4 N–H and O–H groups in total. The summed E-state index contributed by atoms with van der Waals surface area (Å²) in [7, 11) is 0. The Morgan fingerprint density at radius 1 is 1.38 bits per heavy atom. The molecule has 1 saturated heterocycles. The minimum Gasteiger partial charge on any atom is -0.355 e. The largest absolute Gasteiger partial charge is 0.355 e. The molecular weight excluding hydrogens is 290 g/mol. The zero-order chi connectivity index (χ0) is 14.7. The first-order chi connectivity index (χ1) is 10.2. The van der Waals surface area contributed by atoms with Crippen molar-refractivity contribution in [1.82, 2.24) is 24.7 Å². The van der Waals surface area contributed by atoms with Gasteiger partial charge in [-0.05, 0) is 25.2 Å². The number of fused-ring (bicyclic) bond motifs is 1. The molecule has 1 atom stereocenters. The van der Waals surface area contributed by atoms with Crippen LogP contribution in [0.25, 0.3) is 11.2 Å². The van der Waals surface area contributed by atoms with Gasteiger partial charge in [-0.3, -0.25) is 0 Å². The van der Waals surface area contributed by atoms with Gasteiger partial charge >= 0.3 is 0 Å². The molecule has 114 valence electrons. The average molecular weight is 309 g/mol. The van der Waals surface area contributed by atoms with Crippen molar-refractivity contribution >= 4 is 28.2 Å². The summed E-state index contributed by atoms with van der Waals surface area (Å²) in [5, 5.41) is 5.18. The van der Waals surface area contributed by atoms with E-state index in [-0.39, 0.29) is 0 Å². The summed E-state index contributed by atoms with van der Waals surface area (Å²) in [4.78, 5) is 18.1. The lowest BCUT2D eigenvalue weighted by atomic mass is 9.93. The Morgan fingerprint density at radius 2 is 2.19 bits per heavy atom. The maximum atomic E-state index is 10.8. The van der Waals surface area contributed by atoms with Gasteiger partial charge < -0.3 is 9.88 Å². The summed E-state index contributed by atoms with van der Waals surface area (Å²) in [5.41, 5.74) is 1.60. The number of imidazole rings is 1. The highest BCUT2D eigenvalue weighted by molar-refractivity contribution is 7.80. The Labute approximate surface area is 125 Å². The van der Waals surface area contributed by atoms with Crippen LogP contribution in [0.15, 0.2) is 12.7 Å². The molecule has 1 fully saturated rings. The first-order valence-electron chi connectivity index (χ1n) is 7.02. The van der Waals surface area contributed by atoms with Gasteiger partial charge in [-0.1, -0.05) is 0 Å². The van der Waals surface area contributed by atoms with E-state index in [0.29, 0.717) is 18.1 Å². The van der Waals surface area contributed by atoms with Crippen molar-refractivity contribution in [2.24, 2.45) is 11.1 Å². The Morgan fingerprint density at radius 3 is 2.95 bits per heavy atom. The van der Waals surface area contributed by atoms with Crippen molar-refractivity contribution in [3.05, 3.63) is 12.7 Å². The fourth-order valence-corrected chi connectivity index (χ4v) is 3.11. The maximum absolute atomic E-state index is 10.8. The molecule has 0 aromatic carbocycles. The van der Waals surface area contributed by atoms with Crippen LogP contribution in [0.1, 0.15) is 19.3 Å². The van der Waals surface area contributed by atoms with E-state index in [0.717, 1.165) is 43.7 Å². The van der Waals surface area contributed by atoms with Crippen LogP contribution in [0.2, 0.25) is 0 Å². The number of anilines is 1. The fraction of sp³-hybridized carbons (Fsp3) is 0.583. The van der Waals surface area contributed by atoms with E-state index < -0.39 is 11.2 Å². The Bertz CT molecular complexity index is 623. The zero-order valence-corrected chi connectivity index (χ0v) is 12.5. The fourth-order valence-electron chi connectivity index (χ4n) is 2.79. The van der Waals surface area contributed by atoms with Crippen molar-refractivity contribution in [2.75, 3.05) is 24.5 Å². The molecule has 0 amide bonds. The van der Waals surface area contributed by atoms with Crippen molar-refractivity contribution in [3.8, 4) is 0 Å². The third kappa shape index (κ3) is 3.36. The molecule has 8 nitrogen and oxygen atoms in total. The van der Waals surface area contributed by atoms with E-state index in [9.17, 15) is 4.21 Å². The molecule has 0 radical (unpaired) electrons. The van der Waals surface area contributed by atoms with E-state index in [1.165, 1.54) is 0 Å². The molecule has 2 aromatic heterocycles. The van der Waals surface area contributed by atoms with Crippen LogP contribution in [0, 0.1) is 5.92 Å². The third-order valence-electron chi connectivity index (χ3n) is 3.91.